The molecule has 0 saturated heterocycles. The summed E-state index contributed by atoms with van der Waals surface area (Å²) in [5.41, 5.74) is 6.55. The molecule has 2 fully saturated rings. The van der Waals surface area contributed by atoms with Crippen molar-refractivity contribution in [2.75, 3.05) is 7.11 Å². The molecule has 31 heavy (non-hydrogen) atoms. The minimum Gasteiger partial charge on any atom is -0.497 e. The van der Waals surface area contributed by atoms with Crippen molar-refractivity contribution in [3.8, 4) is 28.1 Å². The number of rotatable bonds is 4. The van der Waals surface area contributed by atoms with Crippen LogP contribution >= 0.6 is 0 Å². The Labute approximate surface area is 180 Å². The first kappa shape index (κ1) is 18.4. The lowest BCUT2D eigenvalue weighted by atomic mass is 9.90. The van der Waals surface area contributed by atoms with Crippen LogP contribution in [0.4, 0.5) is 0 Å². The zero-order valence-electron chi connectivity index (χ0n) is 17.8. The lowest BCUT2D eigenvalue weighted by Gasteiger charge is -2.14. The van der Waals surface area contributed by atoms with Crippen molar-refractivity contribution in [3.05, 3.63) is 76.2 Å². The molecule has 2 aromatic heterocycles. The molecule has 2 atom stereocenters. The van der Waals surface area contributed by atoms with Crippen LogP contribution in [-0.4, -0.2) is 21.7 Å². The van der Waals surface area contributed by atoms with Gasteiger partial charge in [-0.2, -0.15) is 0 Å². The van der Waals surface area contributed by atoms with Crippen LogP contribution in [0.15, 0.2) is 59.4 Å². The molecule has 2 unspecified atom stereocenters. The maximum Gasteiger partial charge on any atom is 0.280 e. The molecule has 2 aromatic carbocycles. The van der Waals surface area contributed by atoms with Crippen LogP contribution in [-0.2, 0) is 5.41 Å². The van der Waals surface area contributed by atoms with Gasteiger partial charge in [0.25, 0.3) is 5.56 Å². The summed E-state index contributed by atoms with van der Waals surface area (Å²) >= 11 is 0. The molecule has 0 amide bonds. The summed E-state index contributed by atoms with van der Waals surface area (Å²) in [6.07, 6.45) is 4.91. The van der Waals surface area contributed by atoms with E-state index in [9.17, 15) is 4.79 Å². The van der Waals surface area contributed by atoms with Gasteiger partial charge in [-0.1, -0.05) is 48.9 Å². The summed E-state index contributed by atoms with van der Waals surface area (Å²) < 4.78 is 6.94. The number of fused-ring (bicyclic) bond motifs is 2. The van der Waals surface area contributed by atoms with E-state index in [0.29, 0.717) is 11.5 Å². The fraction of sp³-hybridized carbons (Fsp3) is 0.308. The van der Waals surface area contributed by atoms with Crippen LogP contribution < -0.4 is 10.3 Å². The first-order chi connectivity index (χ1) is 15.1. The molecule has 5 nitrogen and oxygen atoms in total. The number of ether oxygens (including phenoxy) is 1. The highest BCUT2D eigenvalue weighted by atomic mass is 16.5. The number of hydrogen-bond acceptors (Lipinski definition) is 3. The predicted octanol–water partition coefficient (Wildman–Crippen LogP) is 5.12. The molecule has 2 heterocycles. The van der Waals surface area contributed by atoms with E-state index in [1.54, 1.807) is 11.6 Å². The number of H-pyrrole nitrogens is 1. The van der Waals surface area contributed by atoms with Crippen LogP contribution in [0.3, 0.4) is 0 Å². The summed E-state index contributed by atoms with van der Waals surface area (Å²) in [6.45, 7) is 1.94. The second-order valence-corrected chi connectivity index (χ2v) is 8.94. The summed E-state index contributed by atoms with van der Waals surface area (Å²) in [5, 5.41) is 3.45. The molecule has 2 aliphatic rings. The van der Waals surface area contributed by atoms with E-state index in [-0.39, 0.29) is 11.0 Å². The van der Waals surface area contributed by atoms with Crippen LogP contribution in [0.2, 0.25) is 0 Å². The van der Waals surface area contributed by atoms with Crippen molar-refractivity contribution in [2.45, 2.75) is 38.0 Å². The van der Waals surface area contributed by atoms with Crippen molar-refractivity contribution < 1.29 is 4.74 Å². The molecule has 5 heteroatoms. The minimum absolute atomic E-state index is 0.0531. The Morgan fingerprint density at radius 3 is 2.52 bits per heavy atom. The van der Waals surface area contributed by atoms with E-state index >= 15 is 0 Å². The molecular weight excluding hydrogens is 386 g/mol. The predicted molar refractivity (Wildman–Crippen MR) is 122 cm³/mol. The molecule has 0 radical (unpaired) electrons. The van der Waals surface area contributed by atoms with Gasteiger partial charge >= 0.3 is 0 Å². The number of nitrogens with zero attached hydrogens (tertiary/aromatic N) is 2. The molecule has 0 spiro atoms. The third-order valence-corrected chi connectivity index (χ3v) is 7.31. The fourth-order valence-corrected chi connectivity index (χ4v) is 5.71. The van der Waals surface area contributed by atoms with E-state index in [2.05, 4.69) is 17.2 Å². The van der Waals surface area contributed by atoms with Crippen molar-refractivity contribution in [1.29, 1.82) is 0 Å². The van der Waals surface area contributed by atoms with Gasteiger partial charge in [0.1, 0.15) is 5.75 Å². The topological polar surface area (TPSA) is 59.4 Å². The van der Waals surface area contributed by atoms with Crippen LogP contribution in [0, 0.1) is 12.8 Å². The van der Waals surface area contributed by atoms with Gasteiger partial charge in [0.2, 0.25) is 0 Å². The first-order valence-corrected chi connectivity index (χ1v) is 11.0. The number of hydrogen-bond donors (Lipinski definition) is 1. The van der Waals surface area contributed by atoms with Gasteiger partial charge in [-0.15, -0.1) is 0 Å². The average Bonchev–Trinajstić information content (AvgIpc) is 3.14. The lowest BCUT2D eigenvalue weighted by Crippen LogP contribution is -2.20. The molecule has 6 rings (SSSR count). The molecule has 2 saturated carbocycles. The summed E-state index contributed by atoms with van der Waals surface area (Å²) in [7, 11) is 1.64. The number of nitrogens with one attached hydrogen (secondary N) is 1. The number of aromatic nitrogens is 3. The molecule has 0 aliphatic heterocycles. The minimum atomic E-state index is -0.0531. The second-order valence-electron chi connectivity index (χ2n) is 8.94. The highest BCUT2D eigenvalue weighted by Gasteiger charge is 2.60. The third kappa shape index (κ3) is 2.62. The fourth-order valence-electron chi connectivity index (χ4n) is 5.71. The quantitative estimate of drug-likeness (QED) is 0.507. The van der Waals surface area contributed by atoms with Crippen LogP contribution in [0.25, 0.3) is 28.0 Å². The van der Waals surface area contributed by atoms with Crippen LogP contribution in [0.5, 0.6) is 5.75 Å². The summed E-state index contributed by atoms with van der Waals surface area (Å²) in [4.78, 5) is 18.7. The zero-order chi connectivity index (χ0) is 21.2. The maximum atomic E-state index is 13.7. The Hall–Kier alpha value is -3.34. The van der Waals surface area contributed by atoms with Gasteiger partial charge in [0.15, 0.2) is 5.65 Å². The molecule has 4 aromatic rings. The molecule has 0 bridgehead atoms. The number of aryl methyl sites for hydroxylation is 1. The lowest BCUT2D eigenvalue weighted by molar-refractivity contribution is 0.415. The van der Waals surface area contributed by atoms with E-state index < -0.39 is 0 Å². The van der Waals surface area contributed by atoms with Crippen molar-refractivity contribution in [3.63, 3.8) is 0 Å². The van der Waals surface area contributed by atoms with Crippen molar-refractivity contribution >= 4 is 5.65 Å². The average molecular weight is 412 g/mol. The Kier molecular flexibility index (Phi) is 3.91. The smallest absolute Gasteiger partial charge is 0.280 e. The monoisotopic (exact) mass is 411 g/mol. The third-order valence-electron chi connectivity index (χ3n) is 7.31. The number of benzene rings is 2. The molecule has 2 aliphatic carbocycles. The standard InChI is InChI=1S/C26H25N3O2/c1-16-21(17-10-12-20(31-2)13-11-17)25(30)29-24(27-16)22(26-14-6-9-19(26)15-26)23(28-29)18-7-4-3-5-8-18/h3-5,7-8,10-13,19,28H,6,9,14-15H2,1-2H3. The molecular formula is C26H25N3O2. The normalized spacial score (nSPS) is 21.9. The van der Waals surface area contributed by atoms with Gasteiger partial charge < -0.3 is 4.74 Å². The van der Waals surface area contributed by atoms with E-state index in [1.807, 2.05) is 49.4 Å². The highest BCUT2D eigenvalue weighted by Crippen LogP contribution is 2.66. The second kappa shape index (κ2) is 6.58. The van der Waals surface area contributed by atoms with Gasteiger partial charge in [-0.25, -0.2) is 9.50 Å². The van der Waals surface area contributed by atoms with Crippen LogP contribution in [0.1, 0.15) is 36.9 Å². The first-order valence-electron chi connectivity index (χ1n) is 11.0. The Morgan fingerprint density at radius 2 is 1.87 bits per heavy atom. The van der Waals surface area contributed by atoms with Gasteiger partial charge in [0.05, 0.1) is 24.1 Å². The molecule has 1 N–H and O–H groups in total. The van der Waals surface area contributed by atoms with Gasteiger partial charge in [-0.05, 0) is 55.4 Å². The van der Waals surface area contributed by atoms with E-state index in [4.69, 9.17) is 9.72 Å². The Balaban J connectivity index is 1.62. The summed E-state index contributed by atoms with van der Waals surface area (Å²) in [5.74, 6) is 1.48. The SMILES string of the molecule is COc1ccc(-c2c(C)nc3c(C45CCCC4C5)c(-c4ccccc4)[nH]n3c2=O)cc1. The summed E-state index contributed by atoms with van der Waals surface area (Å²) in [6, 6.07) is 17.9. The largest absolute Gasteiger partial charge is 0.497 e. The van der Waals surface area contributed by atoms with Gasteiger partial charge in [-0.3, -0.25) is 9.89 Å². The van der Waals surface area contributed by atoms with E-state index in [0.717, 1.165) is 33.9 Å². The van der Waals surface area contributed by atoms with Crippen molar-refractivity contribution in [1.82, 2.24) is 14.6 Å². The number of aromatic amines is 1. The van der Waals surface area contributed by atoms with Gasteiger partial charge in [0, 0.05) is 11.0 Å². The Bertz CT molecular complexity index is 1350. The molecule has 156 valence electrons. The number of methoxy groups -OCH3 is 1. The van der Waals surface area contributed by atoms with E-state index in [1.165, 1.54) is 31.2 Å². The maximum absolute atomic E-state index is 13.7. The Morgan fingerprint density at radius 1 is 1.10 bits per heavy atom. The zero-order valence-corrected chi connectivity index (χ0v) is 17.8. The van der Waals surface area contributed by atoms with Crippen molar-refractivity contribution in [2.24, 2.45) is 5.92 Å². The highest BCUT2D eigenvalue weighted by molar-refractivity contribution is 5.76.